The van der Waals surface area contributed by atoms with E-state index in [4.69, 9.17) is 0 Å². The summed E-state index contributed by atoms with van der Waals surface area (Å²) in [7, 11) is 0. The van der Waals surface area contributed by atoms with Gasteiger partial charge in [-0.3, -0.25) is 0 Å². The van der Waals surface area contributed by atoms with E-state index < -0.39 is 0 Å². The van der Waals surface area contributed by atoms with Gasteiger partial charge < -0.3 is 0 Å². The van der Waals surface area contributed by atoms with E-state index >= 15 is 0 Å². The summed E-state index contributed by atoms with van der Waals surface area (Å²) in [6.45, 7) is 22.2. The molecule has 0 heteroatoms. The van der Waals surface area contributed by atoms with E-state index in [2.05, 4.69) is 62.3 Å². The molecule has 0 saturated heterocycles. The summed E-state index contributed by atoms with van der Waals surface area (Å²) in [5.41, 5.74) is 1.18. The quantitative estimate of drug-likeness (QED) is 0.422. The molecule has 0 aliphatic heterocycles. The van der Waals surface area contributed by atoms with Crippen LogP contribution in [0, 0.1) is 40.4 Å². The van der Waals surface area contributed by atoms with Crippen LogP contribution in [0.25, 0.3) is 0 Å². The summed E-state index contributed by atoms with van der Waals surface area (Å²) < 4.78 is 0. The Kier molecular flexibility index (Phi) is 6.40. The Morgan fingerprint density at radius 1 is 0.905 bits per heavy atom. The van der Waals surface area contributed by atoms with Crippen molar-refractivity contribution in [3.63, 3.8) is 0 Å². The van der Waals surface area contributed by atoms with Crippen molar-refractivity contribution in [3.05, 3.63) is 0 Å². The van der Waals surface area contributed by atoms with Crippen molar-refractivity contribution in [2.24, 2.45) is 40.4 Å². The molecule has 0 amide bonds. The highest BCUT2D eigenvalue weighted by molar-refractivity contribution is 5.07. The molecule has 0 aromatic heterocycles. The van der Waals surface area contributed by atoms with Crippen LogP contribution in [0.4, 0.5) is 0 Å². The van der Waals surface area contributed by atoms with Crippen LogP contribution in [-0.2, 0) is 0 Å². The molecule has 1 saturated carbocycles. The van der Waals surface area contributed by atoms with Crippen molar-refractivity contribution < 1.29 is 0 Å². The maximum absolute atomic E-state index is 2.60. The summed E-state index contributed by atoms with van der Waals surface area (Å²) in [6, 6.07) is 0. The van der Waals surface area contributed by atoms with Crippen LogP contribution in [0.5, 0.6) is 0 Å². The van der Waals surface area contributed by atoms with Gasteiger partial charge in [-0.2, -0.15) is 0 Å². The Balaban J connectivity index is 3.15. The SMILES string of the molecule is CCC(CC(C)C(C)C)(C(CC(C)C)C(C)C)C1(C)CC1. The molecule has 0 N–H and O–H groups in total. The third kappa shape index (κ3) is 4.05. The maximum Gasteiger partial charge on any atom is -0.0213 e. The van der Waals surface area contributed by atoms with Crippen LogP contribution in [0.2, 0.25) is 0 Å². The average Bonchev–Trinajstić information content (AvgIpc) is 3.12. The fraction of sp³-hybridized carbons (Fsp3) is 1.00. The first-order valence-electron chi connectivity index (χ1n) is 9.59. The Morgan fingerprint density at radius 2 is 1.43 bits per heavy atom. The van der Waals surface area contributed by atoms with Crippen molar-refractivity contribution in [1.29, 1.82) is 0 Å². The molecule has 0 nitrogen and oxygen atoms in total. The van der Waals surface area contributed by atoms with E-state index in [-0.39, 0.29) is 0 Å². The maximum atomic E-state index is 2.60. The molecule has 1 rings (SSSR count). The van der Waals surface area contributed by atoms with Gasteiger partial charge in [-0.25, -0.2) is 0 Å². The predicted molar refractivity (Wildman–Crippen MR) is 96.5 cm³/mol. The van der Waals surface area contributed by atoms with Gasteiger partial charge >= 0.3 is 0 Å². The van der Waals surface area contributed by atoms with E-state index in [0.29, 0.717) is 10.8 Å². The molecule has 1 aliphatic carbocycles. The lowest BCUT2D eigenvalue weighted by Gasteiger charge is -2.50. The van der Waals surface area contributed by atoms with Gasteiger partial charge in [-0.15, -0.1) is 0 Å². The lowest BCUT2D eigenvalue weighted by molar-refractivity contribution is -0.0143. The fourth-order valence-corrected chi connectivity index (χ4v) is 4.82. The molecular formula is C21H42. The molecular weight excluding hydrogens is 252 g/mol. The Hall–Kier alpha value is 0. The Morgan fingerprint density at radius 3 is 1.71 bits per heavy atom. The first-order valence-corrected chi connectivity index (χ1v) is 9.59. The molecule has 0 radical (unpaired) electrons. The minimum absolute atomic E-state index is 0.565. The zero-order valence-corrected chi connectivity index (χ0v) is 16.4. The summed E-state index contributed by atoms with van der Waals surface area (Å²) in [5, 5.41) is 0. The number of hydrogen-bond acceptors (Lipinski definition) is 0. The largest absolute Gasteiger partial charge is 0.0648 e. The molecule has 0 bridgehead atoms. The van der Waals surface area contributed by atoms with Gasteiger partial charge in [-0.1, -0.05) is 62.3 Å². The third-order valence-corrected chi connectivity index (χ3v) is 6.90. The molecule has 0 heterocycles. The first-order chi connectivity index (χ1) is 9.59. The smallest absolute Gasteiger partial charge is 0.0213 e. The highest BCUT2D eigenvalue weighted by atomic mass is 14.6. The molecule has 0 aromatic rings. The van der Waals surface area contributed by atoms with Crippen LogP contribution in [0.3, 0.4) is 0 Å². The van der Waals surface area contributed by atoms with E-state index in [0.717, 1.165) is 29.6 Å². The molecule has 1 fully saturated rings. The monoisotopic (exact) mass is 294 g/mol. The highest BCUT2D eigenvalue weighted by Gasteiger charge is 2.58. The predicted octanol–water partition coefficient (Wildman–Crippen LogP) is 7.18. The van der Waals surface area contributed by atoms with Crippen molar-refractivity contribution in [2.45, 2.75) is 94.4 Å². The van der Waals surface area contributed by atoms with Gasteiger partial charge in [0.15, 0.2) is 0 Å². The molecule has 3 unspecified atom stereocenters. The fourth-order valence-electron chi connectivity index (χ4n) is 4.82. The second-order valence-electron chi connectivity index (χ2n) is 9.48. The van der Waals surface area contributed by atoms with Crippen LogP contribution in [0.15, 0.2) is 0 Å². The molecule has 3 atom stereocenters. The normalized spacial score (nSPS) is 23.4. The molecule has 126 valence electrons. The van der Waals surface area contributed by atoms with Gasteiger partial charge in [0.25, 0.3) is 0 Å². The summed E-state index contributed by atoms with van der Waals surface area (Å²) in [4.78, 5) is 0. The van der Waals surface area contributed by atoms with Gasteiger partial charge in [-0.05, 0) is 72.5 Å². The zero-order chi connectivity index (χ0) is 16.4. The van der Waals surface area contributed by atoms with Gasteiger partial charge in [0, 0.05) is 0 Å². The van der Waals surface area contributed by atoms with Crippen molar-refractivity contribution in [1.82, 2.24) is 0 Å². The van der Waals surface area contributed by atoms with Crippen molar-refractivity contribution in [2.75, 3.05) is 0 Å². The topological polar surface area (TPSA) is 0 Å². The lowest BCUT2D eigenvalue weighted by Crippen LogP contribution is -2.43. The van der Waals surface area contributed by atoms with Crippen LogP contribution < -0.4 is 0 Å². The van der Waals surface area contributed by atoms with E-state index in [1.165, 1.54) is 32.1 Å². The van der Waals surface area contributed by atoms with Crippen LogP contribution in [0.1, 0.15) is 94.4 Å². The Bertz CT molecular complexity index is 308. The lowest BCUT2D eigenvalue weighted by atomic mass is 9.54. The van der Waals surface area contributed by atoms with Crippen molar-refractivity contribution in [3.8, 4) is 0 Å². The Labute approximate surface area is 135 Å². The molecule has 0 spiro atoms. The minimum Gasteiger partial charge on any atom is -0.0648 e. The highest BCUT2D eigenvalue weighted by Crippen LogP contribution is 2.67. The summed E-state index contributed by atoms with van der Waals surface area (Å²) >= 11 is 0. The van der Waals surface area contributed by atoms with Gasteiger partial charge in [0.05, 0.1) is 0 Å². The zero-order valence-electron chi connectivity index (χ0n) is 16.4. The number of hydrogen-bond donors (Lipinski definition) is 0. The van der Waals surface area contributed by atoms with Gasteiger partial charge in [0.1, 0.15) is 0 Å². The minimum atomic E-state index is 0.565. The second-order valence-corrected chi connectivity index (χ2v) is 9.48. The molecule has 21 heavy (non-hydrogen) atoms. The number of rotatable bonds is 9. The third-order valence-electron chi connectivity index (χ3n) is 6.90. The average molecular weight is 295 g/mol. The van der Waals surface area contributed by atoms with Crippen LogP contribution >= 0.6 is 0 Å². The van der Waals surface area contributed by atoms with Crippen LogP contribution in [-0.4, -0.2) is 0 Å². The van der Waals surface area contributed by atoms with E-state index in [1.54, 1.807) is 0 Å². The van der Waals surface area contributed by atoms with Crippen molar-refractivity contribution >= 4 is 0 Å². The summed E-state index contributed by atoms with van der Waals surface area (Å²) in [6.07, 6.45) is 7.15. The van der Waals surface area contributed by atoms with E-state index in [1.807, 2.05) is 0 Å². The summed E-state index contributed by atoms with van der Waals surface area (Å²) in [5.74, 6) is 4.17. The molecule has 0 aromatic carbocycles. The second kappa shape index (κ2) is 7.05. The first kappa shape index (κ1) is 19.0. The molecule has 1 aliphatic rings. The van der Waals surface area contributed by atoms with Gasteiger partial charge in [0.2, 0.25) is 0 Å². The van der Waals surface area contributed by atoms with E-state index in [9.17, 15) is 0 Å². The standard InChI is InChI=1S/C21H42/c1-10-21(20(9)11-12-20,14-18(8)16(4)5)19(17(6)7)13-15(2)3/h15-19H,10-14H2,1-9H3.